The third-order valence-corrected chi connectivity index (χ3v) is 8.11. The molecule has 1 N–H and O–H groups in total. The molecule has 30 heavy (non-hydrogen) atoms. The number of halogens is 2. The molecule has 2 aliphatic rings. The lowest BCUT2D eigenvalue weighted by Gasteiger charge is -2.44. The van der Waals surface area contributed by atoms with E-state index in [1.165, 1.54) is 6.07 Å². The van der Waals surface area contributed by atoms with E-state index >= 15 is 0 Å². The van der Waals surface area contributed by atoms with Crippen LogP contribution in [0.25, 0.3) is 0 Å². The highest BCUT2D eigenvalue weighted by Gasteiger charge is 2.50. The number of rotatable bonds is 2. The van der Waals surface area contributed by atoms with Crippen LogP contribution in [-0.4, -0.2) is 38.6 Å². The summed E-state index contributed by atoms with van der Waals surface area (Å²) in [6.45, 7) is 12.5. The van der Waals surface area contributed by atoms with Crippen LogP contribution in [0.1, 0.15) is 71.6 Å². The molecule has 5 nitrogen and oxygen atoms in total. The highest BCUT2D eigenvalue weighted by atomic mass is 79.9. The molecular weight excluding hydrogens is 471 g/mol. The molecule has 1 spiro atoms. The molecule has 1 saturated heterocycles. The molecule has 0 radical (unpaired) electrons. The number of hydrogen-bond donors (Lipinski definition) is 1. The quantitative estimate of drug-likeness (QED) is 0.600. The number of fused-ring (bicyclic) bond motifs is 1. The zero-order valence-electron chi connectivity index (χ0n) is 18.6. The summed E-state index contributed by atoms with van der Waals surface area (Å²) < 4.78 is 36.4. The number of benzene rings is 1. The van der Waals surface area contributed by atoms with E-state index in [0.29, 0.717) is 13.1 Å². The SMILES string of the molecule is CC(C)(C)OC(=O)N1CCC2(CC1)Cc1c(Br)cc(F)cc1[C@H]2N[S@](=O)C(C)(C)C. The number of carbonyl (C=O) groups is 1. The van der Waals surface area contributed by atoms with Gasteiger partial charge in [-0.2, -0.15) is 0 Å². The maximum Gasteiger partial charge on any atom is 0.410 e. The third kappa shape index (κ3) is 4.91. The fraction of sp³-hybridized carbons (Fsp3) is 0.682. The van der Waals surface area contributed by atoms with E-state index in [-0.39, 0.29) is 23.4 Å². The van der Waals surface area contributed by atoms with E-state index in [4.69, 9.17) is 4.74 Å². The fourth-order valence-electron chi connectivity index (χ4n) is 4.25. The zero-order chi connectivity index (χ0) is 22.5. The van der Waals surface area contributed by atoms with E-state index < -0.39 is 21.3 Å². The summed E-state index contributed by atoms with van der Waals surface area (Å²) in [5.41, 5.74) is 1.17. The summed E-state index contributed by atoms with van der Waals surface area (Å²) in [6, 6.07) is 2.82. The second-order valence-corrected chi connectivity index (χ2v) is 13.2. The Morgan fingerprint density at radius 3 is 2.37 bits per heavy atom. The van der Waals surface area contributed by atoms with Crippen molar-refractivity contribution in [3.8, 4) is 0 Å². The summed E-state index contributed by atoms with van der Waals surface area (Å²) in [5.74, 6) is -0.308. The van der Waals surface area contributed by atoms with Crippen molar-refractivity contribution in [2.24, 2.45) is 5.41 Å². The van der Waals surface area contributed by atoms with Gasteiger partial charge < -0.3 is 9.64 Å². The first-order valence-electron chi connectivity index (χ1n) is 10.4. The fourth-order valence-corrected chi connectivity index (χ4v) is 5.78. The van der Waals surface area contributed by atoms with E-state index in [9.17, 15) is 13.4 Å². The van der Waals surface area contributed by atoms with Crippen LogP contribution >= 0.6 is 15.9 Å². The molecule has 1 aliphatic carbocycles. The molecule has 8 heteroatoms. The predicted molar refractivity (Wildman–Crippen MR) is 121 cm³/mol. The van der Waals surface area contributed by atoms with Crippen molar-refractivity contribution in [2.45, 2.75) is 77.2 Å². The smallest absolute Gasteiger partial charge is 0.410 e. The van der Waals surface area contributed by atoms with Crippen molar-refractivity contribution in [1.29, 1.82) is 0 Å². The molecule has 1 amide bonds. The maximum absolute atomic E-state index is 14.2. The topological polar surface area (TPSA) is 58.6 Å². The maximum atomic E-state index is 14.2. The molecule has 0 saturated carbocycles. The minimum Gasteiger partial charge on any atom is -0.444 e. The van der Waals surface area contributed by atoms with Crippen molar-refractivity contribution in [1.82, 2.24) is 9.62 Å². The predicted octanol–water partition coefficient (Wildman–Crippen LogP) is 5.25. The van der Waals surface area contributed by atoms with Gasteiger partial charge in [0, 0.05) is 17.6 Å². The normalized spacial score (nSPS) is 22.1. The molecule has 2 atom stereocenters. The van der Waals surface area contributed by atoms with Crippen molar-refractivity contribution in [3.05, 3.63) is 33.5 Å². The molecule has 3 rings (SSSR count). The van der Waals surface area contributed by atoms with Gasteiger partial charge in [-0.3, -0.25) is 0 Å². The summed E-state index contributed by atoms with van der Waals surface area (Å²) >= 11 is 3.52. The standard InChI is InChI=1S/C22H32BrFN2O3S/c1-20(2,3)29-19(27)26-9-7-22(8-10-26)13-16-15(11-14(24)12-17(16)23)18(22)25-30(28)21(4,5)6/h11-12,18,25H,7-10,13H2,1-6H3/t18-,30-/m1/s1. The first-order chi connectivity index (χ1) is 13.7. The Kier molecular flexibility index (Phi) is 6.45. The summed E-state index contributed by atoms with van der Waals surface area (Å²) in [5, 5.41) is 0. The summed E-state index contributed by atoms with van der Waals surface area (Å²) in [6.07, 6.45) is 1.91. The Labute approximate surface area is 189 Å². The van der Waals surface area contributed by atoms with Gasteiger partial charge in [-0.25, -0.2) is 18.1 Å². The van der Waals surface area contributed by atoms with Gasteiger partial charge in [0.05, 0.1) is 21.8 Å². The number of amides is 1. The van der Waals surface area contributed by atoms with Crippen molar-refractivity contribution in [3.63, 3.8) is 0 Å². The van der Waals surface area contributed by atoms with Crippen LogP contribution in [0.5, 0.6) is 0 Å². The average molecular weight is 503 g/mol. The highest BCUT2D eigenvalue weighted by molar-refractivity contribution is 9.10. The number of likely N-dealkylation sites (tertiary alicyclic amines) is 1. The van der Waals surface area contributed by atoms with Gasteiger partial charge in [-0.1, -0.05) is 15.9 Å². The molecule has 1 aromatic carbocycles. The number of piperidine rings is 1. The van der Waals surface area contributed by atoms with E-state index in [0.717, 1.165) is 34.9 Å². The summed E-state index contributed by atoms with van der Waals surface area (Å²) in [4.78, 5) is 14.3. The Bertz CT molecular complexity index is 855. The number of nitrogens with one attached hydrogen (secondary N) is 1. The molecule has 1 fully saturated rings. The first kappa shape index (κ1) is 23.7. The Morgan fingerprint density at radius 1 is 1.23 bits per heavy atom. The van der Waals surface area contributed by atoms with Crippen molar-refractivity contribution >= 4 is 33.0 Å². The van der Waals surface area contributed by atoms with Gasteiger partial charge in [0.1, 0.15) is 11.4 Å². The molecular formula is C22H32BrFN2O3S. The molecule has 168 valence electrons. The lowest BCUT2D eigenvalue weighted by Crippen LogP contribution is -2.49. The lowest BCUT2D eigenvalue weighted by molar-refractivity contribution is 0.00723. The minimum absolute atomic E-state index is 0.224. The monoisotopic (exact) mass is 502 g/mol. The number of nitrogens with zero attached hydrogens (tertiary/aromatic N) is 1. The van der Waals surface area contributed by atoms with Gasteiger partial charge in [0.15, 0.2) is 0 Å². The van der Waals surface area contributed by atoms with Crippen LogP contribution in [0, 0.1) is 11.2 Å². The zero-order valence-corrected chi connectivity index (χ0v) is 21.0. The second-order valence-electron chi connectivity index (χ2n) is 10.4. The van der Waals surface area contributed by atoms with Crippen molar-refractivity contribution in [2.75, 3.05) is 13.1 Å². The van der Waals surface area contributed by atoms with Crippen LogP contribution in [0.15, 0.2) is 16.6 Å². The lowest BCUT2D eigenvalue weighted by atomic mass is 9.73. The van der Waals surface area contributed by atoms with Crippen LogP contribution in [0.2, 0.25) is 0 Å². The van der Waals surface area contributed by atoms with Crippen LogP contribution in [-0.2, 0) is 22.1 Å². The molecule has 0 unspecified atom stereocenters. The minimum atomic E-state index is -1.30. The van der Waals surface area contributed by atoms with Crippen molar-refractivity contribution < 1.29 is 18.1 Å². The number of carbonyl (C=O) groups excluding carboxylic acids is 1. The largest absolute Gasteiger partial charge is 0.444 e. The average Bonchev–Trinajstić information content (AvgIpc) is 2.87. The number of hydrogen-bond acceptors (Lipinski definition) is 3. The van der Waals surface area contributed by atoms with Gasteiger partial charge in [-0.15, -0.1) is 0 Å². The molecule has 1 heterocycles. The third-order valence-electron chi connectivity index (χ3n) is 5.84. The Morgan fingerprint density at radius 2 is 1.83 bits per heavy atom. The number of ether oxygens (including phenoxy) is 1. The molecule has 1 aliphatic heterocycles. The van der Waals surface area contributed by atoms with Crippen LogP contribution in [0.3, 0.4) is 0 Å². The van der Waals surface area contributed by atoms with E-state index in [1.807, 2.05) is 41.5 Å². The highest BCUT2D eigenvalue weighted by Crippen LogP contribution is 2.54. The molecule has 1 aromatic rings. The Hall–Kier alpha value is -0.990. The first-order valence-corrected chi connectivity index (χ1v) is 12.3. The van der Waals surface area contributed by atoms with Crippen LogP contribution in [0.4, 0.5) is 9.18 Å². The molecule has 0 aromatic heterocycles. The summed E-state index contributed by atoms with van der Waals surface area (Å²) in [7, 11) is -1.30. The van der Waals surface area contributed by atoms with Gasteiger partial charge in [0.2, 0.25) is 0 Å². The second kappa shape index (κ2) is 8.17. The molecule has 0 bridgehead atoms. The van der Waals surface area contributed by atoms with Gasteiger partial charge in [-0.05, 0) is 89.5 Å². The Balaban J connectivity index is 1.87. The van der Waals surface area contributed by atoms with E-state index in [1.54, 1.807) is 11.0 Å². The van der Waals surface area contributed by atoms with Crippen LogP contribution < -0.4 is 4.72 Å². The van der Waals surface area contributed by atoms with Gasteiger partial charge >= 0.3 is 6.09 Å². The van der Waals surface area contributed by atoms with E-state index in [2.05, 4.69) is 20.7 Å². The van der Waals surface area contributed by atoms with Gasteiger partial charge in [0.25, 0.3) is 0 Å².